The SMILES string of the molecule is COc1cccc(N(C)N)c1OCc1ccccc1C. The fourth-order valence-corrected chi connectivity index (χ4v) is 2.01. The first kappa shape index (κ1) is 14.2. The van der Waals surface area contributed by atoms with Crippen LogP contribution in [0.1, 0.15) is 11.1 Å². The summed E-state index contributed by atoms with van der Waals surface area (Å²) in [6.07, 6.45) is 0. The molecule has 0 fully saturated rings. The standard InChI is InChI=1S/C16H20N2O2/c1-12-7-4-5-8-13(12)11-20-16-14(18(2)17)9-6-10-15(16)19-3/h4-10H,11,17H2,1-3H3. The number of methoxy groups -OCH3 is 1. The van der Waals surface area contributed by atoms with Gasteiger partial charge in [0.05, 0.1) is 12.8 Å². The van der Waals surface area contributed by atoms with Gasteiger partial charge in [0.15, 0.2) is 11.5 Å². The molecule has 4 heteroatoms. The van der Waals surface area contributed by atoms with Gasteiger partial charge in [-0.3, -0.25) is 0 Å². The Labute approximate surface area is 119 Å². The van der Waals surface area contributed by atoms with Gasteiger partial charge in [-0.05, 0) is 30.2 Å². The first-order valence-electron chi connectivity index (χ1n) is 6.46. The summed E-state index contributed by atoms with van der Waals surface area (Å²) in [7, 11) is 3.39. The van der Waals surface area contributed by atoms with E-state index in [-0.39, 0.29) is 0 Å². The van der Waals surface area contributed by atoms with E-state index in [4.69, 9.17) is 15.3 Å². The van der Waals surface area contributed by atoms with Crippen LogP contribution in [-0.2, 0) is 6.61 Å². The molecule has 0 aliphatic heterocycles. The highest BCUT2D eigenvalue weighted by Gasteiger charge is 2.13. The van der Waals surface area contributed by atoms with Crippen molar-refractivity contribution in [3.05, 3.63) is 53.6 Å². The Hall–Kier alpha value is -2.20. The Morgan fingerprint density at radius 2 is 1.85 bits per heavy atom. The number of para-hydroxylation sites is 1. The summed E-state index contributed by atoms with van der Waals surface area (Å²) >= 11 is 0. The first-order valence-corrected chi connectivity index (χ1v) is 6.46. The summed E-state index contributed by atoms with van der Waals surface area (Å²) in [5.74, 6) is 7.16. The zero-order valence-electron chi connectivity index (χ0n) is 12.1. The maximum Gasteiger partial charge on any atom is 0.186 e. The molecule has 0 heterocycles. The van der Waals surface area contributed by atoms with E-state index in [1.807, 2.05) is 30.3 Å². The number of anilines is 1. The van der Waals surface area contributed by atoms with Crippen LogP contribution in [-0.4, -0.2) is 14.2 Å². The van der Waals surface area contributed by atoms with Gasteiger partial charge in [-0.15, -0.1) is 0 Å². The minimum absolute atomic E-state index is 0.480. The topological polar surface area (TPSA) is 47.7 Å². The highest BCUT2D eigenvalue weighted by atomic mass is 16.5. The number of ether oxygens (including phenoxy) is 2. The molecular formula is C16H20N2O2. The molecule has 0 amide bonds. The van der Waals surface area contributed by atoms with Gasteiger partial charge in [-0.2, -0.15) is 0 Å². The molecule has 0 aliphatic rings. The van der Waals surface area contributed by atoms with Crippen molar-refractivity contribution in [1.82, 2.24) is 0 Å². The van der Waals surface area contributed by atoms with E-state index in [0.717, 1.165) is 11.3 Å². The molecule has 0 aliphatic carbocycles. The number of aryl methyl sites for hydroxylation is 1. The van der Waals surface area contributed by atoms with E-state index >= 15 is 0 Å². The third-order valence-corrected chi connectivity index (χ3v) is 3.19. The number of nitrogens with zero attached hydrogens (tertiary/aromatic N) is 1. The van der Waals surface area contributed by atoms with E-state index in [9.17, 15) is 0 Å². The number of hydrogen-bond donors (Lipinski definition) is 1. The van der Waals surface area contributed by atoms with Crippen molar-refractivity contribution in [1.29, 1.82) is 0 Å². The molecule has 106 valence electrons. The van der Waals surface area contributed by atoms with Gasteiger partial charge >= 0.3 is 0 Å². The number of rotatable bonds is 5. The summed E-state index contributed by atoms with van der Waals surface area (Å²) in [5.41, 5.74) is 3.13. The smallest absolute Gasteiger partial charge is 0.186 e. The van der Waals surface area contributed by atoms with Crippen LogP contribution in [0, 0.1) is 6.92 Å². The molecule has 2 N–H and O–H groups in total. The van der Waals surface area contributed by atoms with Crippen LogP contribution in [0.4, 0.5) is 5.69 Å². The fraction of sp³-hybridized carbons (Fsp3) is 0.250. The fourth-order valence-electron chi connectivity index (χ4n) is 2.01. The minimum atomic E-state index is 0.480. The summed E-state index contributed by atoms with van der Waals surface area (Å²) < 4.78 is 11.3. The second-order valence-corrected chi connectivity index (χ2v) is 4.63. The molecule has 0 unspecified atom stereocenters. The van der Waals surface area contributed by atoms with Gasteiger partial charge in [-0.1, -0.05) is 30.3 Å². The molecule has 0 saturated heterocycles. The van der Waals surface area contributed by atoms with Gasteiger partial charge in [0, 0.05) is 7.05 Å². The van der Waals surface area contributed by atoms with Crippen LogP contribution in [0.25, 0.3) is 0 Å². The molecule has 4 nitrogen and oxygen atoms in total. The lowest BCUT2D eigenvalue weighted by Crippen LogP contribution is -2.25. The van der Waals surface area contributed by atoms with Crippen molar-refractivity contribution < 1.29 is 9.47 Å². The van der Waals surface area contributed by atoms with Crippen LogP contribution in [0.3, 0.4) is 0 Å². The van der Waals surface area contributed by atoms with E-state index in [0.29, 0.717) is 18.1 Å². The molecule has 2 aromatic carbocycles. The molecule has 20 heavy (non-hydrogen) atoms. The normalized spacial score (nSPS) is 10.2. The predicted molar refractivity (Wildman–Crippen MR) is 81.1 cm³/mol. The Balaban J connectivity index is 2.26. The number of nitrogens with two attached hydrogens (primary N) is 1. The van der Waals surface area contributed by atoms with Crippen molar-refractivity contribution in [2.75, 3.05) is 19.2 Å². The highest BCUT2D eigenvalue weighted by Crippen LogP contribution is 2.36. The van der Waals surface area contributed by atoms with Gasteiger partial charge in [0.2, 0.25) is 0 Å². The lowest BCUT2D eigenvalue weighted by molar-refractivity contribution is 0.284. The number of hydrazine groups is 1. The second-order valence-electron chi connectivity index (χ2n) is 4.63. The van der Waals surface area contributed by atoms with Crippen LogP contribution in [0.15, 0.2) is 42.5 Å². The van der Waals surface area contributed by atoms with Gasteiger partial charge in [0.1, 0.15) is 6.61 Å². The molecule has 0 saturated carbocycles. The molecule has 2 rings (SSSR count). The van der Waals surface area contributed by atoms with Crippen molar-refractivity contribution in [2.45, 2.75) is 13.5 Å². The molecule has 0 atom stereocenters. The van der Waals surface area contributed by atoms with Crippen LogP contribution < -0.4 is 20.3 Å². The zero-order valence-corrected chi connectivity index (χ0v) is 12.1. The van der Waals surface area contributed by atoms with E-state index in [1.165, 1.54) is 10.6 Å². The Morgan fingerprint density at radius 1 is 1.10 bits per heavy atom. The van der Waals surface area contributed by atoms with Crippen LogP contribution in [0.5, 0.6) is 11.5 Å². The second kappa shape index (κ2) is 6.30. The van der Waals surface area contributed by atoms with E-state index in [2.05, 4.69) is 19.1 Å². The van der Waals surface area contributed by atoms with Gasteiger partial charge in [-0.25, -0.2) is 5.84 Å². The van der Waals surface area contributed by atoms with E-state index < -0.39 is 0 Å². The average Bonchev–Trinajstić information content (AvgIpc) is 2.46. The van der Waals surface area contributed by atoms with Gasteiger partial charge in [0.25, 0.3) is 0 Å². The largest absolute Gasteiger partial charge is 0.493 e. The average molecular weight is 272 g/mol. The Bertz CT molecular complexity index is 582. The quantitative estimate of drug-likeness (QED) is 0.671. The summed E-state index contributed by atoms with van der Waals surface area (Å²) in [4.78, 5) is 0. The third-order valence-electron chi connectivity index (χ3n) is 3.19. The summed E-state index contributed by atoms with van der Waals surface area (Å²) in [5, 5.41) is 1.52. The van der Waals surface area contributed by atoms with Crippen LogP contribution in [0.2, 0.25) is 0 Å². The highest BCUT2D eigenvalue weighted by molar-refractivity contribution is 5.63. The number of benzene rings is 2. The number of hydrogen-bond acceptors (Lipinski definition) is 4. The monoisotopic (exact) mass is 272 g/mol. The van der Waals surface area contributed by atoms with Crippen molar-refractivity contribution in [2.24, 2.45) is 5.84 Å². The van der Waals surface area contributed by atoms with Gasteiger partial charge < -0.3 is 14.5 Å². The maximum atomic E-state index is 5.94. The van der Waals surface area contributed by atoms with Crippen molar-refractivity contribution in [3.63, 3.8) is 0 Å². The summed E-state index contributed by atoms with van der Waals surface area (Å²) in [6.45, 7) is 2.55. The third kappa shape index (κ3) is 3.03. The molecule has 0 bridgehead atoms. The molecule has 2 aromatic rings. The van der Waals surface area contributed by atoms with E-state index in [1.54, 1.807) is 14.2 Å². The van der Waals surface area contributed by atoms with Crippen molar-refractivity contribution in [3.8, 4) is 11.5 Å². The maximum absolute atomic E-state index is 5.94. The minimum Gasteiger partial charge on any atom is -0.493 e. The molecule has 0 spiro atoms. The predicted octanol–water partition coefficient (Wildman–Crippen LogP) is 2.89. The zero-order chi connectivity index (χ0) is 14.5. The first-order chi connectivity index (χ1) is 9.63. The molecular weight excluding hydrogens is 252 g/mol. The summed E-state index contributed by atoms with van der Waals surface area (Å²) in [6, 6.07) is 13.8. The molecule has 0 aromatic heterocycles. The lowest BCUT2D eigenvalue weighted by atomic mass is 10.1. The lowest BCUT2D eigenvalue weighted by Gasteiger charge is -2.20. The van der Waals surface area contributed by atoms with Crippen molar-refractivity contribution >= 4 is 5.69 Å². The molecule has 0 radical (unpaired) electrons. The Kier molecular flexibility index (Phi) is 4.48. The van der Waals surface area contributed by atoms with Crippen LogP contribution >= 0.6 is 0 Å². The Morgan fingerprint density at radius 3 is 2.50 bits per heavy atom.